The average molecular weight is 280 g/mol. The zero-order chi connectivity index (χ0) is 15.5. The van der Waals surface area contributed by atoms with Gasteiger partial charge in [-0.25, -0.2) is 9.97 Å². The Labute approximate surface area is 122 Å². The zero-order valence-electron chi connectivity index (χ0n) is 13.8. The van der Waals surface area contributed by atoms with Gasteiger partial charge in [-0.15, -0.1) is 0 Å². The van der Waals surface area contributed by atoms with Gasteiger partial charge >= 0.3 is 0 Å². The van der Waals surface area contributed by atoms with Gasteiger partial charge in [-0.3, -0.25) is 0 Å². The van der Waals surface area contributed by atoms with Crippen LogP contribution in [-0.2, 0) is 0 Å². The number of likely N-dealkylation sites (N-methyl/N-ethyl adjacent to an activating group) is 1. The number of rotatable bonds is 6. The van der Waals surface area contributed by atoms with E-state index < -0.39 is 0 Å². The van der Waals surface area contributed by atoms with Crippen molar-refractivity contribution < 1.29 is 5.11 Å². The maximum Gasteiger partial charge on any atom is 0.137 e. The molecule has 0 saturated carbocycles. The summed E-state index contributed by atoms with van der Waals surface area (Å²) >= 11 is 0. The summed E-state index contributed by atoms with van der Waals surface area (Å²) in [7, 11) is 1.96. The van der Waals surface area contributed by atoms with Crippen LogP contribution < -0.4 is 10.2 Å². The van der Waals surface area contributed by atoms with Crippen molar-refractivity contribution in [1.29, 1.82) is 0 Å². The number of aliphatic hydroxyl groups is 1. The van der Waals surface area contributed by atoms with Crippen LogP contribution in [0.2, 0.25) is 0 Å². The molecule has 0 amide bonds. The van der Waals surface area contributed by atoms with Crippen LogP contribution in [0.1, 0.15) is 51.9 Å². The smallest absolute Gasteiger partial charge is 0.137 e. The van der Waals surface area contributed by atoms with Crippen LogP contribution in [-0.4, -0.2) is 40.8 Å². The minimum absolute atomic E-state index is 0.0699. The van der Waals surface area contributed by atoms with Crippen LogP contribution in [0.4, 0.5) is 11.6 Å². The van der Waals surface area contributed by atoms with E-state index in [-0.39, 0.29) is 18.1 Å². The van der Waals surface area contributed by atoms with Gasteiger partial charge in [-0.1, -0.05) is 13.8 Å². The van der Waals surface area contributed by atoms with E-state index in [2.05, 4.69) is 31.1 Å². The maximum atomic E-state index is 9.57. The summed E-state index contributed by atoms with van der Waals surface area (Å²) in [6, 6.07) is 0. The molecule has 1 heterocycles. The molecule has 5 nitrogen and oxygen atoms in total. The van der Waals surface area contributed by atoms with E-state index >= 15 is 0 Å². The Morgan fingerprint density at radius 1 is 1.30 bits per heavy atom. The molecular weight excluding hydrogens is 252 g/mol. The van der Waals surface area contributed by atoms with Crippen LogP contribution in [0.15, 0.2) is 0 Å². The lowest BCUT2D eigenvalue weighted by molar-refractivity contribution is 0.215. The van der Waals surface area contributed by atoms with Gasteiger partial charge in [0.1, 0.15) is 17.5 Å². The van der Waals surface area contributed by atoms with Gasteiger partial charge in [0.15, 0.2) is 0 Å². The van der Waals surface area contributed by atoms with E-state index in [4.69, 9.17) is 4.98 Å². The van der Waals surface area contributed by atoms with E-state index in [1.54, 1.807) is 0 Å². The first kappa shape index (κ1) is 16.7. The van der Waals surface area contributed by atoms with Crippen molar-refractivity contribution in [2.75, 3.05) is 30.4 Å². The minimum atomic E-state index is -0.364. The van der Waals surface area contributed by atoms with E-state index in [0.717, 1.165) is 29.6 Å². The number of nitrogens with zero attached hydrogens (tertiary/aromatic N) is 3. The van der Waals surface area contributed by atoms with E-state index in [0.29, 0.717) is 0 Å². The van der Waals surface area contributed by atoms with Crippen LogP contribution in [0, 0.1) is 6.92 Å². The average Bonchev–Trinajstić information content (AvgIpc) is 2.40. The predicted molar refractivity (Wildman–Crippen MR) is 84.6 cm³/mol. The number of aliphatic hydroxyl groups excluding tert-OH is 1. The van der Waals surface area contributed by atoms with Crippen molar-refractivity contribution in [3.63, 3.8) is 0 Å². The third-order valence-corrected chi connectivity index (χ3v) is 3.61. The highest BCUT2D eigenvalue weighted by Gasteiger charge is 2.26. The first-order chi connectivity index (χ1) is 9.24. The normalized spacial score (nSPS) is 11.8. The lowest BCUT2D eigenvalue weighted by Gasteiger charge is -2.36. The Kier molecular flexibility index (Phi) is 5.34. The second-order valence-corrected chi connectivity index (χ2v) is 6.09. The maximum absolute atomic E-state index is 9.57. The molecule has 0 aromatic carbocycles. The summed E-state index contributed by atoms with van der Waals surface area (Å²) in [5, 5.41) is 12.9. The monoisotopic (exact) mass is 280 g/mol. The first-order valence-corrected chi connectivity index (χ1v) is 7.21. The number of aromatic nitrogens is 2. The molecule has 20 heavy (non-hydrogen) atoms. The van der Waals surface area contributed by atoms with Gasteiger partial charge in [0, 0.05) is 25.1 Å². The number of anilines is 2. The second-order valence-electron chi connectivity index (χ2n) is 6.09. The van der Waals surface area contributed by atoms with Crippen LogP contribution >= 0.6 is 0 Å². The standard InChI is InChI=1S/C15H28N4O/c1-8-16-13-11(4)14(18-12(17-13)10(2)3)19(7)15(5,6)9-20/h10,20H,8-9H2,1-7H3,(H,16,17,18). The molecule has 114 valence electrons. The van der Waals surface area contributed by atoms with Gasteiger partial charge in [0.25, 0.3) is 0 Å². The Balaban J connectivity index is 3.37. The van der Waals surface area contributed by atoms with Gasteiger partial charge in [0.05, 0.1) is 12.1 Å². The first-order valence-electron chi connectivity index (χ1n) is 7.21. The lowest BCUT2D eigenvalue weighted by atomic mass is 10.0. The van der Waals surface area contributed by atoms with Crippen molar-refractivity contribution >= 4 is 11.6 Å². The molecule has 0 unspecified atom stereocenters. The molecule has 0 aliphatic rings. The third kappa shape index (κ3) is 3.39. The largest absolute Gasteiger partial charge is 0.394 e. The third-order valence-electron chi connectivity index (χ3n) is 3.61. The molecule has 0 radical (unpaired) electrons. The van der Waals surface area contributed by atoms with Crippen molar-refractivity contribution in [1.82, 2.24) is 9.97 Å². The molecular formula is C15H28N4O. The van der Waals surface area contributed by atoms with Gasteiger partial charge in [-0.2, -0.15) is 0 Å². The molecule has 5 heteroatoms. The summed E-state index contributed by atoms with van der Waals surface area (Å²) in [6.07, 6.45) is 0. The summed E-state index contributed by atoms with van der Waals surface area (Å²) in [5.74, 6) is 2.83. The van der Waals surface area contributed by atoms with E-state index in [1.807, 2.05) is 32.7 Å². The van der Waals surface area contributed by atoms with Crippen LogP contribution in [0.3, 0.4) is 0 Å². The number of hydrogen-bond donors (Lipinski definition) is 2. The van der Waals surface area contributed by atoms with Crippen LogP contribution in [0.25, 0.3) is 0 Å². The Morgan fingerprint density at radius 3 is 2.35 bits per heavy atom. The summed E-state index contributed by atoms with van der Waals surface area (Å²) in [4.78, 5) is 11.3. The Hall–Kier alpha value is -1.36. The predicted octanol–water partition coefficient (Wildman–Crippen LogP) is 2.55. The summed E-state index contributed by atoms with van der Waals surface area (Å²) < 4.78 is 0. The van der Waals surface area contributed by atoms with Crippen molar-refractivity contribution in [2.24, 2.45) is 0 Å². The highest BCUT2D eigenvalue weighted by atomic mass is 16.3. The fourth-order valence-electron chi connectivity index (χ4n) is 1.84. The molecule has 0 spiro atoms. The Bertz CT molecular complexity index is 457. The molecule has 1 rings (SSSR count). The number of nitrogens with one attached hydrogen (secondary N) is 1. The Morgan fingerprint density at radius 2 is 1.90 bits per heavy atom. The fourth-order valence-corrected chi connectivity index (χ4v) is 1.84. The molecule has 0 bridgehead atoms. The number of hydrogen-bond acceptors (Lipinski definition) is 5. The lowest BCUT2D eigenvalue weighted by Crippen LogP contribution is -2.45. The second kappa shape index (κ2) is 6.39. The van der Waals surface area contributed by atoms with Crippen molar-refractivity contribution in [2.45, 2.75) is 53.0 Å². The van der Waals surface area contributed by atoms with Crippen molar-refractivity contribution in [3.8, 4) is 0 Å². The summed E-state index contributed by atoms with van der Waals surface area (Å²) in [5.41, 5.74) is 0.650. The summed E-state index contributed by atoms with van der Waals surface area (Å²) in [6.45, 7) is 13.1. The fraction of sp³-hybridized carbons (Fsp3) is 0.733. The molecule has 1 aromatic rings. The highest BCUT2D eigenvalue weighted by molar-refractivity contribution is 5.59. The molecule has 0 aliphatic carbocycles. The highest BCUT2D eigenvalue weighted by Crippen LogP contribution is 2.29. The molecule has 0 saturated heterocycles. The van der Waals surface area contributed by atoms with E-state index in [1.165, 1.54) is 0 Å². The topological polar surface area (TPSA) is 61.3 Å². The molecule has 0 fully saturated rings. The molecule has 2 N–H and O–H groups in total. The van der Waals surface area contributed by atoms with E-state index in [9.17, 15) is 5.11 Å². The molecule has 0 aliphatic heterocycles. The molecule has 0 atom stereocenters. The minimum Gasteiger partial charge on any atom is -0.394 e. The van der Waals surface area contributed by atoms with Crippen molar-refractivity contribution in [3.05, 3.63) is 11.4 Å². The zero-order valence-corrected chi connectivity index (χ0v) is 13.8. The quantitative estimate of drug-likeness (QED) is 0.838. The van der Waals surface area contributed by atoms with Gasteiger partial charge in [-0.05, 0) is 27.7 Å². The molecule has 1 aromatic heterocycles. The van der Waals surface area contributed by atoms with Crippen LogP contribution in [0.5, 0.6) is 0 Å². The SMILES string of the molecule is CCNc1nc(C(C)C)nc(N(C)C(C)(C)CO)c1C. The van der Waals surface area contributed by atoms with Gasteiger partial charge in [0.2, 0.25) is 0 Å². The van der Waals surface area contributed by atoms with Gasteiger partial charge < -0.3 is 15.3 Å².